The molecule has 0 radical (unpaired) electrons. The summed E-state index contributed by atoms with van der Waals surface area (Å²) in [6.07, 6.45) is -0.0273. The summed E-state index contributed by atoms with van der Waals surface area (Å²) in [5, 5.41) is 10.3. The van der Waals surface area contributed by atoms with Crippen molar-refractivity contribution in [1.82, 2.24) is 0 Å². The van der Waals surface area contributed by atoms with Crippen LogP contribution in [-0.2, 0) is 0 Å². The Morgan fingerprint density at radius 1 is 1.15 bits per heavy atom. The number of aryl methyl sites for hydroxylation is 1. The highest BCUT2D eigenvalue weighted by atomic mass is 79.9. The van der Waals surface area contributed by atoms with Gasteiger partial charge in [-0.25, -0.2) is 0 Å². The van der Waals surface area contributed by atoms with Gasteiger partial charge in [-0.15, -0.1) is 0 Å². The number of ether oxygens (including phenoxy) is 1. The highest BCUT2D eigenvalue weighted by molar-refractivity contribution is 9.10. The molecule has 104 valence electrons. The smallest absolute Gasteiger partial charge is 0.127 e. The average molecular weight is 398 g/mol. The molecule has 1 aliphatic heterocycles. The lowest BCUT2D eigenvalue weighted by atomic mass is 9.94. The molecule has 4 heteroatoms. The fourth-order valence-corrected chi connectivity index (χ4v) is 3.12. The van der Waals surface area contributed by atoms with Crippen LogP contribution in [0.4, 0.5) is 0 Å². The van der Waals surface area contributed by atoms with Crippen LogP contribution < -0.4 is 4.74 Å². The molecule has 0 aromatic heterocycles. The second kappa shape index (κ2) is 5.51. The number of aliphatic hydroxyl groups is 1. The van der Waals surface area contributed by atoms with Crippen LogP contribution >= 0.6 is 31.9 Å². The van der Waals surface area contributed by atoms with Crippen LogP contribution in [0.25, 0.3) is 0 Å². The molecule has 2 aromatic rings. The Balaban J connectivity index is 1.94. The number of aliphatic hydroxyl groups excluding tert-OH is 1. The molecule has 1 aliphatic rings. The molecule has 1 heterocycles. The standard InChI is InChI=1S/C16H14Br2O2/c1-9-6-10(2-4-13(9)18)16-8-14(19)12-7-11(17)3-5-15(12)20-16/h2-7,14,16,19H,8H2,1H3. The summed E-state index contributed by atoms with van der Waals surface area (Å²) >= 11 is 6.93. The van der Waals surface area contributed by atoms with Crippen molar-refractivity contribution < 1.29 is 9.84 Å². The van der Waals surface area contributed by atoms with E-state index in [4.69, 9.17) is 4.74 Å². The summed E-state index contributed by atoms with van der Waals surface area (Å²) in [5.41, 5.74) is 3.12. The summed E-state index contributed by atoms with van der Waals surface area (Å²) < 4.78 is 8.08. The molecular formula is C16H14Br2O2. The molecular weight excluding hydrogens is 384 g/mol. The molecule has 0 spiro atoms. The van der Waals surface area contributed by atoms with E-state index in [1.54, 1.807) is 0 Å². The van der Waals surface area contributed by atoms with E-state index >= 15 is 0 Å². The summed E-state index contributed by atoms with van der Waals surface area (Å²) in [7, 11) is 0. The lowest BCUT2D eigenvalue weighted by molar-refractivity contribution is 0.0656. The van der Waals surface area contributed by atoms with Gasteiger partial charge in [0.05, 0.1) is 6.10 Å². The van der Waals surface area contributed by atoms with Gasteiger partial charge in [0.1, 0.15) is 11.9 Å². The Kier molecular flexibility index (Phi) is 3.89. The molecule has 0 saturated carbocycles. The first-order valence-corrected chi connectivity index (χ1v) is 8.03. The third kappa shape index (κ3) is 2.65. The number of hydrogen-bond donors (Lipinski definition) is 1. The van der Waals surface area contributed by atoms with Crippen LogP contribution in [0.3, 0.4) is 0 Å². The number of halogens is 2. The summed E-state index contributed by atoms with van der Waals surface area (Å²) in [4.78, 5) is 0. The Morgan fingerprint density at radius 2 is 1.95 bits per heavy atom. The Labute approximate surface area is 135 Å². The van der Waals surface area contributed by atoms with E-state index in [2.05, 4.69) is 44.8 Å². The van der Waals surface area contributed by atoms with Gasteiger partial charge in [-0.1, -0.05) is 44.0 Å². The van der Waals surface area contributed by atoms with E-state index in [1.807, 2.05) is 30.3 Å². The maximum atomic E-state index is 10.3. The van der Waals surface area contributed by atoms with Gasteiger partial charge in [0, 0.05) is 20.9 Å². The predicted molar refractivity (Wildman–Crippen MR) is 86.0 cm³/mol. The van der Waals surface area contributed by atoms with Crippen molar-refractivity contribution in [3.8, 4) is 5.75 Å². The topological polar surface area (TPSA) is 29.5 Å². The van der Waals surface area contributed by atoms with Crippen LogP contribution in [0.15, 0.2) is 45.3 Å². The Morgan fingerprint density at radius 3 is 2.70 bits per heavy atom. The van der Waals surface area contributed by atoms with Crippen molar-refractivity contribution in [1.29, 1.82) is 0 Å². The molecule has 0 saturated heterocycles. The fourth-order valence-electron chi connectivity index (χ4n) is 2.49. The van der Waals surface area contributed by atoms with E-state index < -0.39 is 6.10 Å². The monoisotopic (exact) mass is 396 g/mol. The van der Waals surface area contributed by atoms with Crippen LogP contribution in [0.1, 0.15) is 35.3 Å². The highest BCUT2D eigenvalue weighted by Crippen LogP contribution is 2.42. The predicted octanol–water partition coefficient (Wildman–Crippen LogP) is 5.08. The van der Waals surface area contributed by atoms with E-state index in [9.17, 15) is 5.11 Å². The molecule has 2 aromatic carbocycles. The molecule has 2 nitrogen and oxygen atoms in total. The van der Waals surface area contributed by atoms with Crippen LogP contribution in [0.2, 0.25) is 0 Å². The van der Waals surface area contributed by atoms with Crippen molar-refractivity contribution >= 4 is 31.9 Å². The minimum Gasteiger partial charge on any atom is -0.485 e. The molecule has 0 amide bonds. The zero-order chi connectivity index (χ0) is 14.3. The minimum atomic E-state index is -0.495. The second-order valence-corrected chi connectivity index (χ2v) is 6.82. The average Bonchev–Trinajstić information content (AvgIpc) is 2.42. The zero-order valence-corrected chi connectivity index (χ0v) is 14.1. The summed E-state index contributed by atoms with van der Waals surface area (Å²) in [6, 6.07) is 11.9. The van der Waals surface area contributed by atoms with Crippen LogP contribution in [-0.4, -0.2) is 5.11 Å². The van der Waals surface area contributed by atoms with Gasteiger partial charge in [-0.2, -0.15) is 0 Å². The van der Waals surface area contributed by atoms with Crippen molar-refractivity contribution in [2.24, 2.45) is 0 Å². The van der Waals surface area contributed by atoms with Gasteiger partial charge >= 0.3 is 0 Å². The molecule has 3 rings (SSSR count). The fraction of sp³-hybridized carbons (Fsp3) is 0.250. The van der Waals surface area contributed by atoms with Gasteiger partial charge < -0.3 is 9.84 Å². The first-order valence-electron chi connectivity index (χ1n) is 6.45. The number of rotatable bonds is 1. The van der Waals surface area contributed by atoms with E-state index in [0.717, 1.165) is 25.8 Å². The maximum absolute atomic E-state index is 10.3. The summed E-state index contributed by atoms with van der Waals surface area (Å²) in [5.74, 6) is 0.762. The zero-order valence-electron chi connectivity index (χ0n) is 10.9. The minimum absolute atomic E-state index is 0.106. The van der Waals surface area contributed by atoms with Crippen LogP contribution in [0.5, 0.6) is 5.75 Å². The quantitative estimate of drug-likeness (QED) is 0.727. The third-order valence-corrected chi connectivity index (χ3v) is 4.97. The van der Waals surface area contributed by atoms with E-state index in [1.165, 1.54) is 5.56 Å². The van der Waals surface area contributed by atoms with Crippen molar-refractivity contribution in [2.45, 2.75) is 25.6 Å². The van der Waals surface area contributed by atoms with Gasteiger partial charge in [-0.3, -0.25) is 0 Å². The highest BCUT2D eigenvalue weighted by Gasteiger charge is 2.28. The third-order valence-electron chi connectivity index (χ3n) is 3.59. The van der Waals surface area contributed by atoms with Crippen molar-refractivity contribution in [2.75, 3.05) is 0 Å². The van der Waals surface area contributed by atoms with E-state index in [-0.39, 0.29) is 6.10 Å². The normalized spacial score (nSPS) is 21.2. The number of hydrogen-bond acceptors (Lipinski definition) is 2. The SMILES string of the molecule is Cc1cc(C2CC(O)c3cc(Br)ccc3O2)ccc1Br. The molecule has 20 heavy (non-hydrogen) atoms. The van der Waals surface area contributed by atoms with Crippen LogP contribution in [0, 0.1) is 6.92 Å². The molecule has 0 fully saturated rings. The summed E-state index contributed by atoms with van der Waals surface area (Å²) in [6.45, 7) is 2.05. The van der Waals surface area contributed by atoms with Crippen molar-refractivity contribution in [3.05, 3.63) is 62.0 Å². The van der Waals surface area contributed by atoms with Gasteiger partial charge in [0.2, 0.25) is 0 Å². The lowest BCUT2D eigenvalue weighted by Gasteiger charge is -2.30. The Bertz CT molecular complexity index is 655. The number of fused-ring (bicyclic) bond motifs is 1. The first kappa shape index (κ1) is 14.1. The lowest BCUT2D eigenvalue weighted by Crippen LogP contribution is -2.19. The van der Waals surface area contributed by atoms with Crippen molar-refractivity contribution in [3.63, 3.8) is 0 Å². The molecule has 2 atom stereocenters. The largest absolute Gasteiger partial charge is 0.485 e. The van der Waals surface area contributed by atoms with Gasteiger partial charge in [0.15, 0.2) is 0 Å². The maximum Gasteiger partial charge on any atom is 0.127 e. The number of benzene rings is 2. The van der Waals surface area contributed by atoms with Gasteiger partial charge in [0.25, 0.3) is 0 Å². The Hall–Kier alpha value is -0.840. The molecule has 0 bridgehead atoms. The van der Waals surface area contributed by atoms with Gasteiger partial charge in [-0.05, 0) is 42.3 Å². The molecule has 2 unspecified atom stereocenters. The molecule has 0 aliphatic carbocycles. The first-order chi connectivity index (χ1) is 9.54. The van der Waals surface area contributed by atoms with E-state index in [0.29, 0.717) is 6.42 Å². The molecule has 1 N–H and O–H groups in total. The second-order valence-electron chi connectivity index (χ2n) is 5.05.